The van der Waals surface area contributed by atoms with Crippen molar-refractivity contribution in [3.05, 3.63) is 131 Å². The second-order valence-corrected chi connectivity index (χ2v) is 8.25. The van der Waals surface area contributed by atoms with Crippen molar-refractivity contribution in [2.45, 2.75) is 12.3 Å². The molecule has 2 N–H and O–H groups in total. The van der Waals surface area contributed by atoms with Crippen LogP contribution in [0.15, 0.2) is 115 Å². The molecule has 0 aliphatic carbocycles. The topological polar surface area (TPSA) is 94.6 Å². The number of esters is 1. The lowest BCUT2D eigenvalue weighted by Crippen LogP contribution is -2.21. The Balaban J connectivity index is 1.43. The van der Waals surface area contributed by atoms with Gasteiger partial charge in [0.1, 0.15) is 34.6 Å². The van der Waals surface area contributed by atoms with Gasteiger partial charge >= 0.3 is 5.97 Å². The van der Waals surface area contributed by atoms with E-state index in [0.717, 1.165) is 16.7 Å². The summed E-state index contributed by atoms with van der Waals surface area (Å²) in [6, 6.07) is 33.6. The molecular weight excluding hydrogens is 452 g/mol. The van der Waals surface area contributed by atoms with E-state index in [4.69, 9.17) is 19.9 Å². The molecule has 36 heavy (non-hydrogen) atoms. The van der Waals surface area contributed by atoms with E-state index in [2.05, 4.69) is 6.07 Å². The molecule has 4 aromatic carbocycles. The van der Waals surface area contributed by atoms with Crippen LogP contribution in [0.3, 0.4) is 0 Å². The lowest BCUT2D eigenvalue weighted by atomic mass is 9.83. The molecule has 0 fully saturated rings. The molecule has 6 nitrogen and oxygen atoms in total. The van der Waals surface area contributed by atoms with Gasteiger partial charge in [0.25, 0.3) is 0 Å². The molecule has 176 valence electrons. The first-order valence-corrected chi connectivity index (χ1v) is 11.4. The van der Waals surface area contributed by atoms with Gasteiger partial charge in [-0.1, -0.05) is 66.7 Å². The van der Waals surface area contributed by atoms with E-state index in [-0.39, 0.29) is 18.3 Å². The van der Waals surface area contributed by atoms with E-state index in [0.29, 0.717) is 28.6 Å². The molecule has 1 unspecified atom stereocenters. The number of rotatable bonds is 6. The first-order valence-electron chi connectivity index (χ1n) is 11.4. The normalized spacial score (nSPS) is 14.2. The van der Waals surface area contributed by atoms with Gasteiger partial charge in [-0.3, -0.25) is 4.79 Å². The van der Waals surface area contributed by atoms with Crippen LogP contribution in [0.5, 0.6) is 23.0 Å². The third kappa shape index (κ3) is 4.91. The second-order valence-electron chi connectivity index (χ2n) is 8.25. The Hall–Kier alpha value is -5.02. The number of nitrogens with zero attached hydrogens (tertiary/aromatic N) is 1. The van der Waals surface area contributed by atoms with Gasteiger partial charge < -0.3 is 19.9 Å². The van der Waals surface area contributed by atoms with Crippen LogP contribution in [0.4, 0.5) is 0 Å². The molecule has 6 heteroatoms. The van der Waals surface area contributed by atoms with Crippen molar-refractivity contribution >= 4 is 5.97 Å². The molecule has 0 saturated carbocycles. The summed E-state index contributed by atoms with van der Waals surface area (Å²) < 4.78 is 17.3. The van der Waals surface area contributed by atoms with Crippen LogP contribution in [0.25, 0.3) is 0 Å². The highest BCUT2D eigenvalue weighted by atomic mass is 16.5. The van der Waals surface area contributed by atoms with Gasteiger partial charge in [0.15, 0.2) is 0 Å². The van der Waals surface area contributed by atoms with E-state index in [1.54, 1.807) is 18.2 Å². The minimum Gasteiger partial charge on any atom is -0.457 e. The quantitative estimate of drug-likeness (QED) is 0.278. The number of carbonyl (C=O) groups excluding carboxylic acids is 1. The Morgan fingerprint density at radius 2 is 1.58 bits per heavy atom. The van der Waals surface area contributed by atoms with Crippen molar-refractivity contribution in [1.82, 2.24) is 0 Å². The van der Waals surface area contributed by atoms with Crippen molar-refractivity contribution < 1.29 is 19.0 Å². The summed E-state index contributed by atoms with van der Waals surface area (Å²) in [4.78, 5) is 12.4. The Labute approximate surface area is 208 Å². The first-order chi connectivity index (χ1) is 17.6. The number of carbonyl (C=O) groups is 1. The van der Waals surface area contributed by atoms with Gasteiger partial charge in [-0.25, -0.2) is 0 Å². The molecule has 4 aromatic rings. The standard InChI is InChI=1S/C30H22N2O4/c31-19-26-29(21-10-7-13-23(17-21)34-22-11-5-2-6-12-22)25-15-14-24(18-27(25)36-30(26)32)35-28(33)16-20-8-3-1-4-9-20/h1-15,17-18,29H,16,32H2. The van der Waals surface area contributed by atoms with Gasteiger partial charge in [0, 0.05) is 11.6 Å². The molecule has 0 spiro atoms. The highest BCUT2D eigenvalue weighted by Crippen LogP contribution is 2.44. The highest BCUT2D eigenvalue weighted by molar-refractivity contribution is 5.75. The fraction of sp³-hybridized carbons (Fsp3) is 0.0667. The third-order valence-corrected chi connectivity index (χ3v) is 5.78. The van der Waals surface area contributed by atoms with Gasteiger partial charge in [0.05, 0.1) is 12.3 Å². The fourth-order valence-electron chi connectivity index (χ4n) is 4.15. The second kappa shape index (κ2) is 10.1. The Morgan fingerprint density at radius 1 is 0.861 bits per heavy atom. The lowest BCUT2D eigenvalue weighted by Gasteiger charge is -2.27. The van der Waals surface area contributed by atoms with Gasteiger partial charge in [-0.2, -0.15) is 5.26 Å². The molecule has 0 bridgehead atoms. The van der Waals surface area contributed by atoms with Crippen molar-refractivity contribution in [3.8, 4) is 29.1 Å². The third-order valence-electron chi connectivity index (χ3n) is 5.78. The Morgan fingerprint density at radius 3 is 2.33 bits per heavy atom. The molecule has 1 aliphatic rings. The number of nitriles is 1. The number of allylic oxidation sites excluding steroid dienone is 1. The average Bonchev–Trinajstić information content (AvgIpc) is 2.89. The molecule has 5 rings (SSSR count). The molecule has 0 saturated heterocycles. The van der Waals surface area contributed by atoms with E-state index in [1.807, 2.05) is 84.9 Å². The highest BCUT2D eigenvalue weighted by Gasteiger charge is 2.31. The zero-order chi connectivity index (χ0) is 24.9. The van der Waals surface area contributed by atoms with Crippen LogP contribution in [0.2, 0.25) is 0 Å². The maximum atomic E-state index is 12.4. The molecule has 0 radical (unpaired) electrons. The van der Waals surface area contributed by atoms with Crippen LogP contribution >= 0.6 is 0 Å². The number of hydrogen-bond donors (Lipinski definition) is 1. The van der Waals surface area contributed by atoms with Crippen molar-refractivity contribution in [2.75, 3.05) is 0 Å². The minimum absolute atomic E-state index is 0.0112. The lowest BCUT2D eigenvalue weighted by molar-refractivity contribution is -0.133. The monoisotopic (exact) mass is 474 g/mol. The van der Waals surface area contributed by atoms with Crippen LogP contribution < -0.4 is 19.9 Å². The maximum absolute atomic E-state index is 12.4. The number of para-hydroxylation sites is 1. The van der Waals surface area contributed by atoms with E-state index in [9.17, 15) is 10.1 Å². The smallest absolute Gasteiger partial charge is 0.315 e. The van der Waals surface area contributed by atoms with Crippen molar-refractivity contribution in [1.29, 1.82) is 5.26 Å². The number of fused-ring (bicyclic) bond motifs is 1. The fourth-order valence-corrected chi connectivity index (χ4v) is 4.15. The molecule has 0 amide bonds. The summed E-state index contributed by atoms with van der Waals surface area (Å²) in [5, 5.41) is 9.87. The van der Waals surface area contributed by atoms with Crippen LogP contribution in [0.1, 0.15) is 22.6 Å². The number of ether oxygens (including phenoxy) is 3. The first kappa shape index (κ1) is 22.8. The molecular formula is C30H22N2O4. The molecule has 0 aromatic heterocycles. The van der Waals surface area contributed by atoms with Crippen molar-refractivity contribution in [3.63, 3.8) is 0 Å². The predicted molar refractivity (Wildman–Crippen MR) is 134 cm³/mol. The molecule has 1 atom stereocenters. The minimum atomic E-state index is -0.466. The zero-order valence-corrected chi connectivity index (χ0v) is 19.3. The summed E-state index contributed by atoms with van der Waals surface area (Å²) in [6.07, 6.45) is 0.149. The van der Waals surface area contributed by atoms with E-state index in [1.165, 1.54) is 0 Å². The largest absolute Gasteiger partial charge is 0.457 e. The van der Waals surface area contributed by atoms with Gasteiger partial charge in [-0.05, 0) is 41.5 Å². The van der Waals surface area contributed by atoms with Crippen LogP contribution in [-0.4, -0.2) is 5.97 Å². The number of benzene rings is 4. The summed E-state index contributed by atoms with van der Waals surface area (Å²) in [7, 11) is 0. The number of nitrogens with two attached hydrogens (primary N) is 1. The van der Waals surface area contributed by atoms with E-state index < -0.39 is 5.92 Å². The van der Waals surface area contributed by atoms with Crippen LogP contribution in [0, 0.1) is 11.3 Å². The molecule has 1 aliphatic heterocycles. The predicted octanol–water partition coefficient (Wildman–Crippen LogP) is 5.85. The summed E-state index contributed by atoms with van der Waals surface area (Å²) in [6.45, 7) is 0. The summed E-state index contributed by atoms with van der Waals surface area (Å²) in [5.41, 5.74) is 8.86. The molecule has 1 heterocycles. The van der Waals surface area contributed by atoms with E-state index >= 15 is 0 Å². The Bertz CT molecular complexity index is 1470. The summed E-state index contributed by atoms with van der Waals surface area (Å²) >= 11 is 0. The van der Waals surface area contributed by atoms with Gasteiger partial charge in [-0.15, -0.1) is 0 Å². The SMILES string of the molecule is N#CC1=C(N)Oc2cc(OC(=O)Cc3ccccc3)ccc2C1c1cccc(Oc2ccccc2)c1. The van der Waals surface area contributed by atoms with Crippen LogP contribution in [-0.2, 0) is 11.2 Å². The average molecular weight is 475 g/mol. The summed E-state index contributed by atoms with van der Waals surface area (Å²) in [5.74, 6) is 1.26. The zero-order valence-electron chi connectivity index (χ0n) is 19.3. The maximum Gasteiger partial charge on any atom is 0.315 e. The van der Waals surface area contributed by atoms with Crippen molar-refractivity contribution in [2.24, 2.45) is 5.73 Å². The Kier molecular flexibility index (Phi) is 6.37. The van der Waals surface area contributed by atoms with Gasteiger partial charge in [0.2, 0.25) is 5.88 Å². The number of hydrogen-bond acceptors (Lipinski definition) is 6.